The van der Waals surface area contributed by atoms with Gasteiger partial charge in [-0.3, -0.25) is 9.59 Å². The smallest absolute Gasteiger partial charge is 0.311 e. The van der Waals surface area contributed by atoms with Gasteiger partial charge in [-0.2, -0.15) is 0 Å². The highest BCUT2D eigenvalue weighted by atomic mass is 19.3. The number of carboxylic acid groups (broad SMARTS) is 1. The zero-order valence-corrected chi connectivity index (χ0v) is 19.6. The van der Waals surface area contributed by atoms with Crippen molar-refractivity contribution in [3.63, 3.8) is 0 Å². The summed E-state index contributed by atoms with van der Waals surface area (Å²) < 4.78 is 74.7. The van der Waals surface area contributed by atoms with Gasteiger partial charge in [0.25, 0.3) is 5.91 Å². The first-order valence-electron chi connectivity index (χ1n) is 11.7. The van der Waals surface area contributed by atoms with E-state index in [9.17, 15) is 32.3 Å². The van der Waals surface area contributed by atoms with E-state index >= 15 is 4.39 Å². The first kappa shape index (κ1) is 26.5. The Kier molecular flexibility index (Phi) is 7.46. The minimum atomic E-state index is -2.98. The highest BCUT2D eigenvalue weighted by molar-refractivity contribution is 5.93. The number of aryl methyl sites for hydroxylation is 1. The van der Waals surface area contributed by atoms with Crippen molar-refractivity contribution < 1.29 is 41.3 Å². The van der Waals surface area contributed by atoms with Gasteiger partial charge < -0.3 is 14.8 Å². The maximum absolute atomic E-state index is 15.3. The number of aliphatic carboxylic acids is 1. The molecule has 1 amide bonds. The number of carbonyl (C=O) groups is 2. The Labute approximate surface area is 207 Å². The summed E-state index contributed by atoms with van der Waals surface area (Å²) in [5.74, 6) is -8.51. The monoisotopic (exact) mass is 529 g/mol. The Hall–Kier alpha value is -3.58. The third-order valence-electron chi connectivity index (χ3n) is 6.65. The van der Waals surface area contributed by atoms with Gasteiger partial charge in [-0.15, -0.1) is 0 Å². The lowest BCUT2D eigenvalue weighted by atomic mass is 9.81. The van der Waals surface area contributed by atoms with Crippen LogP contribution in [0.5, 0.6) is 0 Å². The first-order valence-corrected chi connectivity index (χ1v) is 11.7. The van der Waals surface area contributed by atoms with Crippen LogP contribution in [0.3, 0.4) is 0 Å². The van der Waals surface area contributed by atoms with Crippen LogP contribution in [-0.2, 0) is 11.2 Å². The van der Waals surface area contributed by atoms with Gasteiger partial charge in [0, 0.05) is 37.2 Å². The fraction of sp³-hybridized carbons (Fsp3) is 0.522. The van der Waals surface area contributed by atoms with E-state index in [4.69, 9.17) is 0 Å². The summed E-state index contributed by atoms with van der Waals surface area (Å²) in [5.41, 5.74) is -0.463. The van der Waals surface area contributed by atoms with E-state index in [1.807, 2.05) is 0 Å². The molecule has 0 aliphatic heterocycles. The molecule has 3 aromatic heterocycles. The summed E-state index contributed by atoms with van der Waals surface area (Å²) >= 11 is 0. The highest BCUT2D eigenvalue weighted by Crippen LogP contribution is 2.41. The number of nitrogens with one attached hydrogen (secondary N) is 1. The van der Waals surface area contributed by atoms with Crippen LogP contribution in [0, 0.1) is 11.7 Å². The van der Waals surface area contributed by atoms with Crippen molar-refractivity contribution >= 4 is 17.5 Å². The molecule has 4 rings (SSSR count). The van der Waals surface area contributed by atoms with Crippen LogP contribution in [-0.4, -0.2) is 49.0 Å². The zero-order valence-electron chi connectivity index (χ0n) is 19.6. The molecule has 14 heteroatoms. The van der Waals surface area contributed by atoms with Crippen LogP contribution in [0.25, 0.3) is 5.65 Å². The number of alkyl halides is 4. The summed E-state index contributed by atoms with van der Waals surface area (Å²) in [7, 11) is 0. The van der Waals surface area contributed by atoms with Gasteiger partial charge in [0.05, 0.1) is 17.7 Å². The van der Waals surface area contributed by atoms with Crippen LogP contribution >= 0.6 is 0 Å². The van der Waals surface area contributed by atoms with Crippen molar-refractivity contribution in [3.05, 3.63) is 46.9 Å². The lowest BCUT2D eigenvalue weighted by Crippen LogP contribution is -2.37. The number of halogens is 5. The van der Waals surface area contributed by atoms with Crippen LogP contribution in [0.2, 0.25) is 0 Å². The van der Waals surface area contributed by atoms with E-state index in [2.05, 4.69) is 25.2 Å². The Bertz CT molecular complexity index is 1280. The number of rotatable bonds is 9. The molecule has 1 unspecified atom stereocenters. The van der Waals surface area contributed by atoms with Crippen LogP contribution in [0.15, 0.2) is 23.1 Å². The molecular formula is C23H24F5N5O4. The van der Waals surface area contributed by atoms with Gasteiger partial charge in [-0.05, 0) is 36.4 Å². The molecule has 0 radical (unpaired) electrons. The summed E-state index contributed by atoms with van der Waals surface area (Å²) in [6.45, 7) is 1.73. The van der Waals surface area contributed by atoms with Crippen molar-refractivity contribution in [2.24, 2.45) is 5.92 Å². The predicted octanol–water partition coefficient (Wildman–Crippen LogP) is 4.54. The van der Waals surface area contributed by atoms with E-state index in [0.717, 1.165) is 6.07 Å². The van der Waals surface area contributed by atoms with E-state index in [1.165, 1.54) is 16.8 Å². The average Bonchev–Trinajstić information content (AvgIpc) is 3.49. The number of carboxylic acids is 1. The zero-order chi connectivity index (χ0) is 26.9. The number of hydrogen-bond donors (Lipinski definition) is 2. The number of nitrogens with zero attached hydrogens (tertiary/aromatic N) is 4. The van der Waals surface area contributed by atoms with Crippen molar-refractivity contribution in [2.75, 3.05) is 0 Å². The Morgan fingerprint density at radius 1 is 1.27 bits per heavy atom. The van der Waals surface area contributed by atoms with Crippen molar-refractivity contribution in [2.45, 2.75) is 69.8 Å². The maximum Gasteiger partial charge on any atom is 0.311 e. The molecule has 0 bridgehead atoms. The van der Waals surface area contributed by atoms with Gasteiger partial charge in [0.15, 0.2) is 17.2 Å². The van der Waals surface area contributed by atoms with E-state index in [-0.39, 0.29) is 35.6 Å². The number of imidazole rings is 1. The normalized spacial score (nSPS) is 17.7. The fourth-order valence-corrected chi connectivity index (χ4v) is 4.66. The molecule has 1 saturated carbocycles. The van der Waals surface area contributed by atoms with E-state index in [1.54, 1.807) is 6.92 Å². The molecule has 0 spiro atoms. The number of carbonyl (C=O) groups excluding carboxylic acids is 1. The molecule has 1 aliphatic carbocycles. The predicted molar refractivity (Wildman–Crippen MR) is 117 cm³/mol. The second-order valence-corrected chi connectivity index (χ2v) is 9.06. The quantitative estimate of drug-likeness (QED) is 0.390. The van der Waals surface area contributed by atoms with Crippen LogP contribution < -0.4 is 5.32 Å². The molecule has 37 heavy (non-hydrogen) atoms. The van der Waals surface area contributed by atoms with Crippen molar-refractivity contribution in [3.8, 4) is 0 Å². The second-order valence-electron chi connectivity index (χ2n) is 9.06. The number of aromatic nitrogens is 4. The Morgan fingerprint density at radius 3 is 2.59 bits per heavy atom. The van der Waals surface area contributed by atoms with E-state index < -0.39 is 72.7 Å². The van der Waals surface area contributed by atoms with Crippen molar-refractivity contribution in [1.82, 2.24) is 25.0 Å². The summed E-state index contributed by atoms with van der Waals surface area (Å²) in [4.78, 5) is 28.7. The highest BCUT2D eigenvalue weighted by Gasteiger charge is 2.40. The molecule has 2 N–H and O–H groups in total. The largest absolute Gasteiger partial charge is 0.481 e. The fourth-order valence-electron chi connectivity index (χ4n) is 4.66. The first-order chi connectivity index (χ1) is 17.5. The second kappa shape index (κ2) is 10.4. The topological polar surface area (TPSA) is 123 Å². The Morgan fingerprint density at radius 2 is 1.97 bits per heavy atom. The summed E-state index contributed by atoms with van der Waals surface area (Å²) in [6.07, 6.45) is -1.78. The van der Waals surface area contributed by atoms with Crippen LogP contribution in [0.1, 0.15) is 78.4 Å². The molecule has 1 fully saturated rings. The standard InChI is InChI=1S/C23H24F5N5O4/c1-2-14-19(32-37-31-14)21(34)30-18(11-3-6-23(27,28)7-4-11)15-10-33-8-5-12(17(26)20(33)29-15)13(22(35)36)9-16(24)25/h5,8,10-11,13,16,18H,2-4,6-7,9H2,1H3,(H,30,34)(H,35,36)/t13?,18-/m0/s1. The molecule has 9 nitrogen and oxygen atoms in total. The number of hydrogen-bond acceptors (Lipinski definition) is 6. The SMILES string of the molecule is CCc1nonc1C(=O)N[C@H](c1cn2ccc(C(CC(F)F)C(=O)O)c(F)c2n1)C1CCC(F)(F)CC1. The lowest BCUT2D eigenvalue weighted by Gasteiger charge is -2.33. The van der Waals surface area contributed by atoms with Crippen LogP contribution in [0.4, 0.5) is 22.0 Å². The molecule has 2 atom stereocenters. The average molecular weight is 529 g/mol. The number of pyridine rings is 1. The van der Waals surface area contributed by atoms with Gasteiger partial charge in [0.1, 0.15) is 5.69 Å². The van der Waals surface area contributed by atoms with Gasteiger partial charge in [-0.1, -0.05) is 12.1 Å². The summed E-state index contributed by atoms with van der Waals surface area (Å²) in [5, 5.41) is 19.4. The molecule has 1 aliphatic rings. The van der Waals surface area contributed by atoms with E-state index in [0.29, 0.717) is 6.42 Å². The molecule has 0 aromatic carbocycles. The third-order valence-corrected chi connectivity index (χ3v) is 6.65. The molecule has 3 heterocycles. The van der Waals surface area contributed by atoms with Gasteiger partial charge in [-0.25, -0.2) is 31.6 Å². The maximum atomic E-state index is 15.3. The van der Waals surface area contributed by atoms with Gasteiger partial charge in [0.2, 0.25) is 12.3 Å². The number of amides is 1. The minimum absolute atomic E-state index is 0.0483. The molecule has 200 valence electrons. The Balaban J connectivity index is 1.72. The number of fused-ring (bicyclic) bond motifs is 1. The summed E-state index contributed by atoms with van der Waals surface area (Å²) in [6, 6.07) is 0.155. The molecular weight excluding hydrogens is 505 g/mol. The molecule has 0 saturated heterocycles. The third kappa shape index (κ3) is 5.57. The van der Waals surface area contributed by atoms with Gasteiger partial charge >= 0.3 is 5.97 Å². The lowest BCUT2D eigenvalue weighted by molar-refractivity contribution is -0.140. The minimum Gasteiger partial charge on any atom is -0.481 e. The van der Waals surface area contributed by atoms with Crippen molar-refractivity contribution in [1.29, 1.82) is 0 Å². The molecule has 3 aromatic rings.